The maximum atomic E-state index is 5.24. The van der Waals surface area contributed by atoms with E-state index in [1.165, 1.54) is 22.3 Å². The normalized spacial score (nSPS) is 13.1. The molecule has 1 heteroatoms. The Morgan fingerprint density at radius 3 is 2.80 bits per heavy atom. The molecular formula is C14H16O. The summed E-state index contributed by atoms with van der Waals surface area (Å²) in [6, 6.07) is 6.29. The molecule has 0 bridgehead atoms. The number of methoxy groups -OCH3 is 1. The van der Waals surface area contributed by atoms with Gasteiger partial charge in [0.15, 0.2) is 0 Å². The van der Waals surface area contributed by atoms with Gasteiger partial charge in [-0.3, -0.25) is 0 Å². The van der Waals surface area contributed by atoms with Crippen molar-refractivity contribution >= 4 is 5.57 Å². The summed E-state index contributed by atoms with van der Waals surface area (Å²) in [4.78, 5) is 0. The predicted octanol–water partition coefficient (Wildman–Crippen LogP) is 3.60. The van der Waals surface area contributed by atoms with Gasteiger partial charge >= 0.3 is 0 Å². The fourth-order valence-corrected chi connectivity index (χ4v) is 1.91. The van der Waals surface area contributed by atoms with Gasteiger partial charge in [-0.1, -0.05) is 23.8 Å². The molecule has 0 fully saturated rings. The molecule has 1 nitrogen and oxygen atoms in total. The molecule has 1 aliphatic carbocycles. The Morgan fingerprint density at radius 1 is 1.33 bits per heavy atom. The molecule has 0 atom stereocenters. The zero-order valence-corrected chi connectivity index (χ0v) is 9.50. The third kappa shape index (κ3) is 1.96. The summed E-state index contributed by atoms with van der Waals surface area (Å²) >= 11 is 0. The van der Waals surface area contributed by atoms with Crippen LogP contribution in [0.2, 0.25) is 0 Å². The van der Waals surface area contributed by atoms with Gasteiger partial charge in [0, 0.05) is 0 Å². The van der Waals surface area contributed by atoms with Crippen LogP contribution in [0, 0.1) is 0 Å². The van der Waals surface area contributed by atoms with Crippen LogP contribution in [0.1, 0.15) is 25.0 Å². The van der Waals surface area contributed by atoms with Crippen molar-refractivity contribution in [3.63, 3.8) is 0 Å². The molecule has 0 aromatic heterocycles. The fraction of sp³-hybridized carbons (Fsp3) is 0.286. The third-order valence-electron chi connectivity index (χ3n) is 2.61. The Morgan fingerprint density at radius 2 is 2.13 bits per heavy atom. The van der Waals surface area contributed by atoms with Crippen LogP contribution >= 0.6 is 0 Å². The van der Waals surface area contributed by atoms with E-state index in [0.717, 1.165) is 12.2 Å². The minimum Gasteiger partial charge on any atom is -0.497 e. The van der Waals surface area contributed by atoms with E-state index in [1.807, 2.05) is 6.07 Å². The number of hydrogen-bond donors (Lipinski definition) is 0. The quantitative estimate of drug-likeness (QED) is 0.708. The van der Waals surface area contributed by atoms with Crippen LogP contribution in [0.3, 0.4) is 0 Å². The molecule has 1 aliphatic rings. The Hall–Kier alpha value is -1.50. The first kappa shape index (κ1) is 10.0. The molecule has 0 amide bonds. The molecule has 2 rings (SSSR count). The first-order valence-corrected chi connectivity index (χ1v) is 5.23. The van der Waals surface area contributed by atoms with Crippen molar-refractivity contribution in [2.45, 2.75) is 20.3 Å². The summed E-state index contributed by atoms with van der Waals surface area (Å²) in [6.45, 7) is 4.25. The van der Waals surface area contributed by atoms with Crippen molar-refractivity contribution < 1.29 is 4.74 Å². The van der Waals surface area contributed by atoms with Crippen molar-refractivity contribution in [1.82, 2.24) is 0 Å². The molecule has 0 N–H and O–H groups in total. The number of allylic oxidation sites excluding steroid dienone is 4. The third-order valence-corrected chi connectivity index (χ3v) is 2.61. The lowest BCUT2D eigenvalue weighted by Gasteiger charge is -2.05. The van der Waals surface area contributed by atoms with E-state index in [-0.39, 0.29) is 0 Å². The maximum absolute atomic E-state index is 5.24. The Labute approximate surface area is 91.1 Å². The van der Waals surface area contributed by atoms with Crippen molar-refractivity contribution in [3.05, 3.63) is 47.1 Å². The monoisotopic (exact) mass is 200 g/mol. The molecule has 1 aromatic carbocycles. The summed E-state index contributed by atoms with van der Waals surface area (Å²) in [5, 5.41) is 0. The maximum Gasteiger partial charge on any atom is 0.119 e. The highest BCUT2D eigenvalue weighted by atomic mass is 16.5. The smallest absolute Gasteiger partial charge is 0.119 e. The second-order valence-corrected chi connectivity index (χ2v) is 4.11. The molecule has 1 aromatic rings. The van der Waals surface area contributed by atoms with Crippen molar-refractivity contribution in [3.8, 4) is 5.75 Å². The largest absolute Gasteiger partial charge is 0.497 e. The number of benzene rings is 1. The standard InChI is InChI=1S/C14H16O/c1-10(2)8-12-5-4-11-6-7-13(15-3)9-14(11)12/h5-9H,4H2,1-3H3. The number of ether oxygens (including phenoxy) is 1. The fourth-order valence-electron chi connectivity index (χ4n) is 1.91. The molecule has 0 saturated carbocycles. The van der Waals surface area contributed by atoms with Crippen LogP contribution in [0.5, 0.6) is 5.75 Å². The van der Waals surface area contributed by atoms with E-state index in [9.17, 15) is 0 Å². The van der Waals surface area contributed by atoms with Crippen LogP contribution < -0.4 is 4.74 Å². The van der Waals surface area contributed by atoms with E-state index in [4.69, 9.17) is 4.74 Å². The Kier molecular flexibility index (Phi) is 2.63. The van der Waals surface area contributed by atoms with Gasteiger partial charge in [0.25, 0.3) is 0 Å². The van der Waals surface area contributed by atoms with Gasteiger partial charge in [-0.25, -0.2) is 0 Å². The topological polar surface area (TPSA) is 9.23 Å². The van der Waals surface area contributed by atoms with Crippen molar-refractivity contribution in [2.75, 3.05) is 7.11 Å². The summed E-state index contributed by atoms with van der Waals surface area (Å²) in [5.41, 5.74) is 5.36. The molecule has 0 heterocycles. The van der Waals surface area contributed by atoms with Crippen molar-refractivity contribution in [1.29, 1.82) is 0 Å². The average molecular weight is 200 g/mol. The van der Waals surface area contributed by atoms with E-state index in [0.29, 0.717) is 0 Å². The Balaban J connectivity index is 2.42. The SMILES string of the molecule is COc1ccc2c(c1)C(C=C(C)C)=CC2. The first-order chi connectivity index (χ1) is 7.20. The van der Waals surface area contributed by atoms with Gasteiger partial charge in [-0.05, 0) is 49.1 Å². The van der Waals surface area contributed by atoms with Gasteiger partial charge in [-0.2, -0.15) is 0 Å². The summed E-state index contributed by atoms with van der Waals surface area (Å²) in [7, 11) is 1.71. The minimum absolute atomic E-state index is 0.934. The highest BCUT2D eigenvalue weighted by Gasteiger charge is 2.12. The molecule has 0 spiro atoms. The molecule has 0 aliphatic heterocycles. The van der Waals surface area contributed by atoms with E-state index < -0.39 is 0 Å². The second-order valence-electron chi connectivity index (χ2n) is 4.11. The van der Waals surface area contributed by atoms with Crippen LogP contribution in [0.25, 0.3) is 5.57 Å². The summed E-state index contributed by atoms with van der Waals surface area (Å²) in [5.74, 6) is 0.934. The van der Waals surface area contributed by atoms with Gasteiger partial charge < -0.3 is 4.74 Å². The minimum atomic E-state index is 0.934. The molecule has 15 heavy (non-hydrogen) atoms. The van der Waals surface area contributed by atoms with Gasteiger partial charge in [-0.15, -0.1) is 0 Å². The number of fused-ring (bicyclic) bond motifs is 1. The highest BCUT2D eigenvalue weighted by molar-refractivity contribution is 5.81. The number of hydrogen-bond acceptors (Lipinski definition) is 1. The van der Waals surface area contributed by atoms with Crippen molar-refractivity contribution in [2.24, 2.45) is 0 Å². The van der Waals surface area contributed by atoms with Gasteiger partial charge in [0.05, 0.1) is 7.11 Å². The summed E-state index contributed by atoms with van der Waals surface area (Å²) in [6.07, 6.45) is 5.54. The first-order valence-electron chi connectivity index (χ1n) is 5.23. The number of rotatable bonds is 2. The molecular weight excluding hydrogens is 184 g/mol. The average Bonchev–Trinajstić information content (AvgIpc) is 2.60. The van der Waals surface area contributed by atoms with Crippen LogP contribution in [-0.4, -0.2) is 7.11 Å². The predicted molar refractivity (Wildman–Crippen MR) is 64.1 cm³/mol. The van der Waals surface area contributed by atoms with Gasteiger partial charge in [0.2, 0.25) is 0 Å². The van der Waals surface area contributed by atoms with E-state index >= 15 is 0 Å². The van der Waals surface area contributed by atoms with Gasteiger partial charge in [0.1, 0.15) is 5.75 Å². The molecule has 0 saturated heterocycles. The lowest BCUT2D eigenvalue weighted by atomic mass is 10.0. The van der Waals surface area contributed by atoms with Crippen LogP contribution in [-0.2, 0) is 6.42 Å². The second kappa shape index (κ2) is 3.93. The van der Waals surface area contributed by atoms with E-state index in [1.54, 1.807) is 7.11 Å². The zero-order chi connectivity index (χ0) is 10.8. The molecule has 78 valence electrons. The highest BCUT2D eigenvalue weighted by Crippen LogP contribution is 2.31. The summed E-state index contributed by atoms with van der Waals surface area (Å²) < 4.78 is 5.24. The lowest BCUT2D eigenvalue weighted by Crippen LogP contribution is -1.87. The Bertz CT molecular complexity index is 435. The molecule has 0 unspecified atom stereocenters. The van der Waals surface area contributed by atoms with E-state index in [2.05, 4.69) is 38.1 Å². The molecule has 0 radical (unpaired) electrons. The van der Waals surface area contributed by atoms with Crippen LogP contribution in [0.4, 0.5) is 0 Å². The zero-order valence-electron chi connectivity index (χ0n) is 9.50. The van der Waals surface area contributed by atoms with Crippen LogP contribution in [0.15, 0.2) is 35.9 Å². The lowest BCUT2D eigenvalue weighted by molar-refractivity contribution is 0.414.